The first kappa shape index (κ1) is 16.1. The summed E-state index contributed by atoms with van der Waals surface area (Å²) < 4.78 is 25.8. The van der Waals surface area contributed by atoms with Crippen LogP contribution in [0.25, 0.3) is 10.9 Å². The van der Waals surface area contributed by atoms with E-state index in [1.54, 1.807) is 12.1 Å². The Hall–Kier alpha value is -1.25. The SMILES string of the molecule is CC(CCl)S(=O)(=O)c1c([N+](=O)[O-])cnc2ccc(Br)cc12. The monoisotopic (exact) mass is 392 g/mol. The van der Waals surface area contributed by atoms with Crippen molar-refractivity contribution < 1.29 is 13.3 Å². The number of halogens is 2. The molecule has 0 N–H and O–H groups in total. The normalized spacial score (nSPS) is 13.3. The van der Waals surface area contributed by atoms with Crippen LogP contribution in [0.2, 0.25) is 0 Å². The Morgan fingerprint density at radius 3 is 2.71 bits per heavy atom. The molecule has 0 bridgehead atoms. The molecule has 1 atom stereocenters. The quantitative estimate of drug-likeness (QED) is 0.451. The van der Waals surface area contributed by atoms with Crippen LogP contribution in [0.15, 0.2) is 33.8 Å². The molecule has 0 saturated heterocycles. The van der Waals surface area contributed by atoms with Crippen LogP contribution in [0.4, 0.5) is 5.69 Å². The molecule has 0 aliphatic heterocycles. The van der Waals surface area contributed by atoms with Gasteiger partial charge in [-0.3, -0.25) is 10.1 Å². The van der Waals surface area contributed by atoms with Gasteiger partial charge in [0.1, 0.15) is 6.20 Å². The second kappa shape index (κ2) is 5.86. The third-order valence-electron chi connectivity index (χ3n) is 2.99. The maximum Gasteiger partial charge on any atom is 0.306 e. The van der Waals surface area contributed by atoms with Gasteiger partial charge in [0.15, 0.2) is 14.7 Å². The Morgan fingerprint density at radius 2 is 2.14 bits per heavy atom. The number of nitro groups is 1. The van der Waals surface area contributed by atoms with Crippen molar-refractivity contribution in [1.29, 1.82) is 0 Å². The summed E-state index contributed by atoms with van der Waals surface area (Å²) in [6.45, 7) is 1.41. The highest BCUT2D eigenvalue weighted by molar-refractivity contribution is 9.10. The van der Waals surface area contributed by atoms with E-state index in [1.807, 2.05) is 0 Å². The Kier molecular flexibility index (Phi) is 4.50. The number of aromatic nitrogens is 1. The van der Waals surface area contributed by atoms with E-state index in [1.165, 1.54) is 13.0 Å². The maximum atomic E-state index is 12.6. The van der Waals surface area contributed by atoms with Gasteiger partial charge in [0.2, 0.25) is 0 Å². The summed E-state index contributed by atoms with van der Waals surface area (Å²) in [5, 5.41) is 10.4. The summed E-state index contributed by atoms with van der Waals surface area (Å²) in [6.07, 6.45) is 0.962. The van der Waals surface area contributed by atoms with Gasteiger partial charge in [-0.2, -0.15) is 0 Å². The van der Waals surface area contributed by atoms with Crippen molar-refractivity contribution in [3.63, 3.8) is 0 Å². The number of hydrogen-bond acceptors (Lipinski definition) is 5. The number of sulfone groups is 1. The van der Waals surface area contributed by atoms with Crippen molar-refractivity contribution in [2.45, 2.75) is 17.1 Å². The van der Waals surface area contributed by atoms with Crippen LogP contribution >= 0.6 is 27.5 Å². The molecule has 0 aliphatic rings. The Morgan fingerprint density at radius 1 is 1.48 bits per heavy atom. The molecule has 0 radical (unpaired) electrons. The smallest absolute Gasteiger partial charge is 0.258 e. The van der Waals surface area contributed by atoms with E-state index in [4.69, 9.17) is 11.6 Å². The molecular formula is C12H10BrClN2O4S. The van der Waals surface area contributed by atoms with Crippen LogP contribution in [-0.2, 0) is 9.84 Å². The number of fused-ring (bicyclic) bond motifs is 1. The first-order chi connectivity index (χ1) is 9.78. The van der Waals surface area contributed by atoms with Gasteiger partial charge in [0.05, 0.1) is 15.7 Å². The molecule has 6 nitrogen and oxygen atoms in total. The largest absolute Gasteiger partial charge is 0.306 e. The minimum absolute atomic E-state index is 0.155. The summed E-state index contributed by atoms with van der Waals surface area (Å²) in [5.41, 5.74) is -0.179. The van der Waals surface area contributed by atoms with E-state index < -0.39 is 25.7 Å². The van der Waals surface area contributed by atoms with Crippen molar-refractivity contribution >= 4 is 54.0 Å². The standard InChI is InChI=1S/C12H10BrClN2O4S/c1-7(5-14)21(19,20)12-9-4-8(13)2-3-10(9)15-6-11(12)16(17)18/h2-4,6-7H,5H2,1H3. The van der Waals surface area contributed by atoms with Gasteiger partial charge in [-0.15, -0.1) is 11.6 Å². The minimum Gasteiger partial charge on any atom is -0.258 e. The van der Waals surface area contributed by atoms with Crippen molar-refractivity contribution in [3.05, 3.63) is 39.0 Å². The summed E-state index contributed by atoms with van der Waals surface area (Å²) >= 11 is 8.86. The average molecular weight is 394 g/mol. The van der Waals surface area contributed by atoms with Gasteiger partial charge >= 0.3 is 5.69 Å². The number of benzene rings is 1. The predicted molar refractivity (Wildman–Crippen MR) is 83.5 cm³/mol. The van der Waals surface area contributed by atoms with Gasteiger partial charge in [0.25, 0.3) is 0 Å². The second-order valence-corrected chi connectivity index (χ2v) is 7.93. The number of pyridine rings is 1. The fourth-order valence-electron chi connectivity index (χ4n) is 1.84. The molecule has 0 fully saturated rings. The zero-order valence-corrected chi connectivity index (χ0v) is 13.9. The molecule has 1 aromatic heterocycles. The highest BCUT2D eigenvalue weighted by Gasteiger charge is 2.33. The second-order valence-electron chi connectivity index (χ2n) is 4.40. The molecule has 0 spiro atoms. The molecule has 2 aromatic rings. The molecule has 9 heteroatoms. The van der Waals surface area contributed by atoms with Gasteiger partial charge in [-0.25, -0.2) is 13.4 Å². The van der Waals surface area contributed by atoms with E-state index in [-0.39, 0.29) is 16.2 Å². The summed E-state index contributed by atoms with van der Waals surface area (Å²) in [4.78, 5) is 14.0. The molecule has 0 saturated carbocycles. The lowest BCUT2D eigenvalue weighted by molar-refractivity contribution is -0.387. The average Bonchev–Trinajstić information content (AvgIpc) is 2.44. The summed E-state index contributed by atoms with van der Waals surface area (Å²) in [5.74, 6) is -0.155. The zero-order chi connectivity index (χ0) is 15.8. The van der Waals surface area contributed by atoms with E-state index in [0.29, 0.717) is 9.99 Å². The zero-order valence-electron chi connectivity index (χ0n) is 10.8. The van der Waals surface area contributed by atoms with Crippen LogP contribution in [-0.4, -0.2) is 29.5 Å². The molecule has 21 heavy (non-hydrogen) atoms. The molecule has 112 valence electrons. The van der Waals surface area contributed by atoms with Crippen LogP contribution in [0.5, 0.6) is 0 Å². The van der Waals surface area contributed by atoms with Crippen molar-refractivity contribution in [1.82, 2.24) is 4.98 Å². The van der Waals surface area contributed by atoms with Crippen molar-refractivity contribution in [2.75, 3.05) is 5.88 Å². The van der Waals surface area contributed by atoms with Crippen LogP contribution < -0.4 is 0 Å². The van der Waals surface area contributed by atoms with Gasteiger partial charge in [0, 0.05) is 15.7 Å². The topological polar surface area (TPSA) is 90.2 Å². The van der Waals surface area contributed by atoms with Gasteiger partial charge < -0.3 is 0 Å². The molecule has 0 aliphatic carbocycles. The highest BCUT2D eigenvalue weighted by Crippen LogP contribution is 2.34. The van der Waals surface area contributed by atoms with E-state index >= 15 is 0 Å². The number of alkyl halides is 1. The first-order valence-electron chi connectivity index (χ1n) is 5.81. The van der Waals surface area contributed by atoms with Crippen molar-refractivity contribution in [3.8, 4) is 0 Å². The fourth-order valence-corrected chi connectivity index (χ4v) is 4.16. The van der Waals surface area contributed by atoms with Crippen LogP contribution in [0.3, 0.4) is 0 Å². The summed E-state index contributed by atoms with van der Waals surface area (Å²) in [6, 6.07) is 4.78. The number of rotatable bonds is 4. The fraction of sp³-hybridized carbons (Fsp3) is 0.250. The minimum atomic E-state index is -3.94. The number of hydrogen-bond donors (Lipinski definition) is 0. The van der Waals surface area contributed by atoms with Gasteiger partial charge in [-0.1, -0.05) is 15.9 Å². The third kappa shape index (κ3) is 2.88. The van der Waals surface area contributed by atoms with E-state index in [0.717, 1.165) is 6.20 Å². The molecule has 0 amide bonds. The predicted octanol–water partition coefficient (Wildman–Crippen LogP) is 3.31. The van der Waals surface area contributed by atoms with Crippen LogP contribution in [0.1, 0.15) is 6.92 Å². The Bertz CT molecular complexity index is 825. The van der Waals surface area contributed by atoms with E-state index in [2.05, 4.69) is 20.9 Å². The first-order valence-corrected chi connectivity index (χ1v) is 8.69. The lowest BCUT2D eigenvalue weighted by Gasteiger charge is -2.12. The molecule has 1 unspecified atom stereocenters. The molecule has 1 aromatic carbocycles. The lowest BCUT2D eigenvalue weighted by atomic mass is 10.2. The Balaban J connectivity index is 2.95. The molecule has 1 heterocycles. The summed E-state index contributed by atoms with van der Waals surface area (Å²) in [7, 11) is -3.94. The van der Waals surface area contributed by atoms with Crippen molar-refractivity contribution in [2.24, 2.45) is 0 Å². The third-order valence-corrected chi connectivity index (χ3v) is 6.35. The number of nitrogens with zero attached hydrogens (tertiary/aromatic N) is 2. The van der Waals surface area contributed by atoms with Crippen LogP contribution in [0, 0.1) is 10.1 Å². The van der Waals surface area contributed by atoms with Gasteiger partial charge in [-0.05, 0) is 25.1 Å². The molecular weight excluding hydrogens is 384 g/mol. The lowest BCUT2D eigenvalue weighted by Crippen LogP contribution is -2.21. The highest BCUT2D eigenvalue weighted by atomic mass is 79.9. The van der Waals surface area contributed by atoms with E-state index in [9.17, 15) is 18.5 Å². The Labute approximate surface area is 134 Å². The molecule has 2 rings (SSSR count). The maximum absolute atomic E-state index is 12.6.